The van der Waals surface area contributed by atoms with E-state index in [-0.39, 0.29) is 5.82 Å². The predicted octanol–water partition coefficient (Wildman–Crippen LogP) is 2.75. The first kappa shape index (κ1) is 11.7. The van der Waals surface area contributed by atoms with Crippen LogP contribution in [-0.4, -0.2) is 4.98 Å². The van der Waals surface area contributed by atoms with Crippen LogP contribution in [-0.2, 0) is 5.54 Å². The molecular formula is C14H15FN2. The van der Waals surface area contributed by atoms with Gasteiger partial charge in [0.2, 0.25) is 0 Å². The molecule has 0 amide bonds. The molecule has 0 radical (unpaired) electrons. The average Bonchev–Trinajstić information content (AvgIpc) is 2.29. The summed E-state index contributed by atoms with van der Waals surface area (Å²) in [6.45, 7) is 3.87. The second-order valence-electron chi connectivity index (χ2n) is 4.46. The summed E-state index contributed by atoms with van der Waals surface area (Å²) in [4.78, 5) is 4.14. The van der Waals surface area contributed by atoms with Crippen molar-refractivity contribution < 1.29 is 4.39 Å². The zero-order valence-electron chi connectivity index (χ0n) is 9.94. The predicted molar refractivity (Wildman–Crippen MR) is 66.0 cm³/mol. The first-order chi connectivity index (χ1) is 8.00. The Balaban J connectivity index is 2.45. The van der Waals surface area contributed by atoms with Crippen molar-refractivity contribution in [3.8, 4) is 0 Å². The molecule has 2 aromatic rings. The maximum absolute atomic E-state index is 12.9. The van der Waals surface area contributed by atoms with E-state index in [2.05, 4.69) is 4.98 Å². The van der Waals surface area contributed by atoms with Crippen LogP contribution in [0.3, 0.4) is 0 Å². The van der Waals surface area contributed by atoms with E-state index < -0.39 is 5.54 Å². The highest BCUT2D eigenvalue weighted by atomic mass is 19.1. The number of aromatic nitrogens is 1. The third kappa shape index (κ3) is 2.34. The van der Waals surface area contributed by atoms with Crippen molar-refractivity contribution in [3.63, 3.8) is 0 Å². The first-order valence-electron chi connectivity index (χ1n) is 5.47. The molecule has 0 aliphatic carbocycles. The minimum atomic E-state index is -0.660. The van der Waals surface area contributed by atoms with E-state index in [0.29, 0.717) is 0 Å². The van der Waals surface area contributed by atoms with Crippen molar-refractivity contribution in [3.05, 3.63) is 65.2 Å². The fraction of sp³-hybridized carbons (Fsp3) is 0.214. The number of pyridine rings is 1. The Hall–Kier alpha value is -1.74. The van der Waals surface area contributed by atoms with Crippen molar-refractivity contribution in [1.29, 1.82) is 0 Å². The quantitative estimate of drug-likeness (QED) is 0.861. The molecule has 0 saturated carbocycles. The summed E-state index contributed by atoms with van der Waals surface area (Å²) in [7, 11) is 0. The normalized spacial score (nSPS) is 14.4. The Morgan fingerprint density at radius 2 is 1.76 bits per heavy atom. The van der Waals surface area contributed by atoms with Crippen LogP contribution in [0.5, 0.6) is 0 Å². The fourth-order valence-corrected chi connectivity index (χ4v) is 1.80. The molecule has 1 aromatic heterocycles. The molecule has 0 fully saturated rings. The minimum Gasteiger partial charge on any atom is -0.318 e. The van der Waals surface area contributed by atoms with Crippen molar-refractivity contribution in [1.82, 2.24) is 4.98 Å². The summed E-state index contributed by atoms with van der Waals surface area (Å²) in [6.07, 6.45) is 3.53. The molecule has 2 rings (SSSR count). The van der Waals surface area contributed by atoms with Gasteiger partial charge in [0.25, 0.3) is 0 Å². The molecule has 0 bridgehead atoms. The van der Waals surface area contributed by atoms with Gasteiger partial charge in [-0.05, 0) is 42.7 Å². The van der Waals surface area contributed by atoms with Crippen LogP contribution >= 0.6 is 0 Å². The summed E-state index contributed by atoms with van der Waals surface area (Å²) >= 11 is 0. The van der Waals surface area contributed by atoms with Gasteiger partial charge >= 0.3 is 0 Å². The van der Waals surface area contributed by atoms with Gasteiger partial charge < -0.3 is 5.73 Å². The lowest BCUT2D eigenvalue weighted by Crippen LogP contribution is -2.34. The number of hydrogen-bond donors (Lipinski definition) is 1. The van der Waals surface area contributed by atoms with E-state index in [1.807, 2.05) is 19.9 Å². The number of nitrogens with two attached hydrogens (primary N) is 1. The van der Waals surface area contributed by atoms with Gasteiger partial charge in [-0.2, -0.15) is 0 Å². The van der Waals surface area contributed by atoms with Gasteiger partial charge in [-0.1, -0.05) is 18.2 Å². The van der Waals surface area contributed by atoms with Crippen molar-refractivity contribution in [2.45, 2.75) is 19.4 Å². The van der Waals surface area contributed by atoms with Crippen LogP contribution in [0, 0.1) is 12.7 Å². The highest BCUT2D eigenvalue weighted by Crippen LogP contribution is 2.26. The standard InChI is InChI=1S/C14H15FN2/c1-10-7-12(9-17-8-10)14(2,16)11-3-5-13(15)6-4-11/h3-9H,16H2,1-2H3. The Bertz CT molecular complexity index is 518. The number of rotatable bonds is 2. The SMILES string of the molecule is Cc1cncc(C(C)(N)c2ccc(F)cc2)c1. The van der Waals surface area contributed by atoms with Crippen LogP contribution in [0.25, 0.3) is 0 Å². The zero-order chi connectivity index (χ0) is 12.5. The molecule has 88 valence electrons. The summed E-state index contributed by atoms with van der Waals surface area (Å²) in [6, 6.07) is 8.25. The van der Waals surface area contributed by atoms with E-state index in [4.69, 9.17) is 5.73 Å². The molecule has 1 heterocycles. The maximum atomic E-state index is 12.9. The Kier molecular flexibility index (Phi) is 2.94. The third-order valence-electron chi connectivity index (χ3n) is 2.92. The van der Waals surface area contributed by atoms with E-state index in [9.17, 15) is 4.39 Å². The summed E-state index contributed by atoms with van der Waals surface area (Å²) < 4.78 is 12.9. The highest BCUT2D eigenvalue weighted by Gasteiger charge is 2.24. The molecule has 17 heavy (non-hydrogen) atoms. The van der Waals surface area contributed by atoms with Gasteiger partial charge in [-0.15, -0.1) is 0 Å². The lowest BCUT2D eigenvalue weighted by molar-refractivity contribution is 0.590. The smallest absolute Gasteiger partial charge is 0.123 e. The van der Waals surface area contributed by atoms with E-state index in [0.717, 1.165) is 16.7 Å². The number of halogens is 1. The lowest BCUT2D eigenvalue weighted by atomic mass is 9.86. The van der Waals surface area contributed by atoms with Crippen molar-refractivity contribution in [2.24, 2.45) is 5.73 Å². The minimum absolute atomic E-state index is 0.257. The largest absolute Gasteiger partial charge is 0.318 e. The zero-order valence-corrected chi connectivity index (χ0v) is 9.94. The number of hydrogen-bond acceptors (Lipinski definition) is 2. The van der Waals surface area contributed by atoms with Crippen LogP contribution in [0.15, 0.2) is 42.7 Å². The van der Waals surface area contributed by atoms with Gasteiger partial charge in [0.15, 0.2) is 0 Å². The molecule has 2 nitrogen and oxygen atoms in total. The third-order valence-corrected chi connectivity index (χ3v) is 2.92. The summed E-state index contributed by atoms with van der Waals surface area (Å²) in [5, 5.41) is 0. The van der Waals surface area contributed by atoms with Crippen LogP contribution in [0.4, 0.5) is 4.39 Å². The maximum Gasteiger partial charge on any atom is 0.123 e. The van der Waals surface area contributed by atoms with Gasteiger partial charge in [-0.25, -0.2) is 4.39 Å². The molecule has 1 atom stereocenters. The number of nitrogens with zero attached hydrogens (tertiary/aromatic N) is 1. The molecule has 1 unspecified atom stereocenters. The summed E-state index contributed by atoms with van der Waals surface area (Å²) in [5.74, 6) is -0.257. The van der Waals surface area contributed by atoms with E-state index >= 15 is 0 Å². The molecule has 0 aliphatic heterocycles. The topological polar surface area (TPSA) is 38.9 Å². The Morgan fingerprint density at radius 3 is 2.35 bits per heavy atom. The van der Waals surface area contributed by atoms with Gasteiger partial charge in [0, 0.05) is 12.4 Å². The second-order valence-corrected chi connectivity index (χ2v) is 4.46. The fourth-order valence-electron chi connectivity index (χ4n) is 1.80. The molecular weight excluding hydrogens is 215 g/mol. The highest BCUT2D eigenvalue weighted by molar-refractivity contribution is 5.36. The molecule has 3 heteroatoms. The Labute approximate surface area is 100 Å². The van der Waals surface area contributed by atoms with Crippen LogP contribution in [0.1, 0.15) is 23.6 Å². The first-order valence-corrected chi connectivity index (χ1v) is 5.47. The average molecular weight is 230 g/mol. The number of benzene rings is 1. The second kappa shape index (κ2) is 4.26. The van der Waals surface area contributed by atoms with E-state index in [1.165, 1.54) is 12.1 Å². The van der Waals surface area contributed by atoms with Gasteiger partial charge in [0.05, 0.1) is 5.54 Å². The van der Waals surface area contributed by atoms with Gasteiger partial charge in [0.1, 0.15) is 5.82 Å². The van der Waals surface area contributed by atoms with Crippen LogP contribution < -0.4 is 5.73 Å². The summed E-state index contributed by atoms with van der Waals surface area (Å²) in [5.41, 5.74) is 8.50. The Morgan fingerprint density at radius 1 is 1.12 bits per heavy atom. The monoisotopic (exact) mass is 230 g/mol. The molecule has 0 spiro atoms. The van der Waals surface area contributed by atoms with Crippen LogP contribution in [0.2, 0.25) is 0 Å². The molecule has 0 saturated heterocycles. The molecule has 1 aromatic carbocycles. The van der Waals surface area contributed by atoms with E-state index in [1.54, 1.807) is 24.5 Å². The lowest BCUT2D eigenvalue weighted by Gasteiger charge is -2.25. The molecule has 2 N–H and O–H groups in total. The number of aryl methyl sites for hydroxylation is 1. The van der Waals surface area contributed by atoms with Gasteiger partial charge in [-0.3, -0.25) is 4.98 Å². The molecule has 0 aliphatic rings. The van der Waals surface area contributed by atoms with Crippen molar-refractivity contribution in [2.75, 3.05) is 0 Å². The van der Waals surface area contributed by atoms with Crippen molar-refractivity contribution >= 4 is 0 Å².